The molecule has 5 rings (SSSR count). The van der Waals surface area contributed by atoms with Crippen molar-refractivity contribution in [3.05, 3.63) is 113 Å². The molecule has 0 spiro atoms. The molecule has 1 aliphatic rings. The second-order valence-electron chi connectivity index (χ2n) is 8.81. The van der Waals surface area contributed by atoms with Gasteiger partial charge in [0.05, 0.1) is 12.2 Å². The van der Waals surface area contributed by atoms with Gasteiger partial charge in [-0.1, -0.05) is 61.9 Å². The summed E-state index contributed by atoms with van der Waals surface area (Å²) in [6.45, 7) is 2.38. The van der Waals surface area contributed by atoms with Gasteiger partial charge in [-0.15, -0.1) is 0 Å². The highest BCUT2D eigenvalue weighted by atomic mass is 19.2. The van der Waals surface area contributed by atoms with Crippen molar-refractivity contribution in [2.45, 2.75) is 25.9 Å². The van der Waals surface area contributed by atoms with Gasteiger partial charge in [-0.05, 0) is 47.4 Å². The van der Waals surface area contributed by atoms with Crippen LogP contribution in [0.15, 0.2) is 72.8 Å². The molecule has 0 aliphatic carbocycles. The monoisotopic (exact) mass is 506 g/mol. The Morgan fingerprint density at radius 2 is 1.35 bits per heavy atom. The van der Waals surface area contributed by atoms with Gasteiger partial charge in [-0.25, -0.2) is 18.0 Å². The zero-order valence-corrected chi connectivity index (χ0v) is 19.9. The van der Waals surface area contributed by atoms with Crippen LogP contribution in [0.2, 0.25) is 0 Å². The van der Waals surface area contributed by atoms with Crippen molar-refractivity contribution in [1.29, 1.82) is 0 Å². The third kappa shape index (κ3) is 5.00. The molecule has 0 aromatic heterocycles. The molecule has 4 aromatic rings. The van der Waals surface area contributed by atoms with Crippen LogP contribution in [0.3, 0.4) is 0 Å². The van der Waals surface area contributed by atoms with E-state index >= 15 is 4.39 Å². The highest BCUT2D eigenvalue weighted by Crippen LogP contribution is 2.35. The minimum Gasteiger partial charge on any atom is -0.420 e. The van der Waals surface area contributed by atoms with E-state index in [0.29, 0.717) is 17.7 Å². The fraction of sp³-hybridized carbons (Fsp3) is 0.167. The van der Waals surface area contributed by atoms with Crippen LogP contribution in [0.5, 0.6) is 5.75 Å². The van der Waals surface area contributed by atoms with Gasteiger partial charge in [0.2, 0.25) is 5.82 Å². The number of hydrogen-bond acceptors (Lipinski definition) is 3. The molecule has 1 saturated heterocycles. The summed E-state index contributed by atoms with van der Waals surface area (Å²) >= 11 is 0. The number of carbonyl (C=O) groups excluding carboxylic acids is 1. The number of epoxide rings is 1. The van der Waals surface area contributed by atoms with Gasteiger partial charge >= 0.3 is 5.97 Å². The second-order valence-corrected chi connectivity index (χ2v) is 8.81. The quantitative estimate of drug-likeness (QED) is 0.111. The fourth-order valence-electron chi connectivity index (χ4n) is 4.18. The summed E-state index contributed by atoms with van der Waals surface area (Å²) in [4.78, 5) is 12.5. The van der Waals surface area contributed by atoms with Crippen molar-refractivity contribution < 1.29 is 31.8 Å². The Hall–Kier alpha value is -3.97. The molecular formula is C30H22F4O3. The zero-order valence-electron chi connectivity index (χ0n) is 19.9. The van der Waals surface area contributed by atoms with Gasteiger partial charge in [0.25, 0.3) is 0 Å². The van der Waals surface area contributed by atoms with Crippen LogP contribution in [0.1, 0.15) is 40.9 Å². The van der Waals surface area contributed by atoms with Gasteiger partial charge < -0.3 is 9.47 Å². The first-order valence-electron chi connectivity index (χ1n) is 11.9. The maximum atomic E-state index is 15.0. The molecule has 1 unspecified atom stereocenters. The van der Waals surface area contributed by atoms with Gasteiger partial charge in [0.1, 0.15) is 6.10 Å². The van der Waals surface area contributed by atoms with Crippen LogP contribution < -0.4 is 4.74 Å². The number of halogens is 4. The van der Waals surface area contributed by atoms with E-state index in [9.17, 15) is 18.0 Å². The van der Waals surface area contributed by atoms with Crippen molar-refractivity contribution in [2.24, 2.45) is 0 Å². The molecule has 0 bridgehead atoms. The Labute approximate surface area is 211 Å². The largest absolute Gasteiger partial charge is 0.420 e. The molecule has 1 aliphatic heterocycles. The number of esters is 1. The molecule has 1 heterocycles. The van der Waals surface area contributed by atoms with Crippen LogP contribution in [-0.2, 0) is 11.2 Å². The minimum atomic E-state index is -1.28. The lowest BCUT2D eigenvalue weighted by atomic mass is 9.97. The van der Waals surface area contributed by atoms with E-state index < -0.39 is 41.1 Å². The lowest BCUT2D eigenvalue weighted by Crippen LogP contribution is -2.10. The van der Waals surface area contributed by atoms with Gasteiger partial charge in [-0.2, -0.15) is 4.39 Å². The number of carbonyl (C=O) groups is 1. The van der Waals surface area contributed by atoms with Crippen LogP contribution in [0, 0.1) is 23.3 Å². The maximum Gasteiger partial charge on any atom is 0.343 e. The SMILES string of the molecule is CCCc1ccc(-c2ccc(-c3ccc(C(=O)Oc4ccc(C5CO5)c(F)c4F)cc3)c(F)c2F)cc1. The van der Waals surface area contributed by atoms with E-state index in [2.05, 4.69) is 6.92 Å². The smallest absolute Gasteiger partial charge is 0.343 e. The summed E-state index contributed by atoms with van der Waals surface area (Å²) in [5.41, 5.74) is 2.30. The highest BCUT2D eigenvalue weighted by Gasteiger charge is 2.31. The van der Waals surface area contributed by atoms with Crippen molar-refractivity contribution in [3.8, 4) is 28.0 Å². The molecule has 37 heavy (non-hydrogen) atoms. The summed E-state index contributed by atoms with van der Waals surface area (Å²) in [6.07, 6.45) is 1.41. The predicted octanol–water partition coefficient (Wildman–Crippen LogP) is 7.82. The van der Waals surface area contributed by atoms with Gasteiger partial charge in [-0.3, -0.25) is 0 Å². The molecule has 0 radical (unpaired) electrons. The number of aryl methyl sites for hydroxylation is 1. The van der Waals surface area contributed by atoms with E-state index in [0.717, 1.165) is 18.4 Å². The molecule has 1 atom stereocenters. The normalized spacial score (nSPS) is 14.5. The molecule has 0 amide bonds. The van der Waals surface area contributed by atoms with E-state index in [1.807, 2.05) is 12.1 Å². The van der Waals surface area contributed by atoms with E-state index in [-0.39, 0.29) is 22.3 Å². The van der Waals surface area contributed by atoms with E-state index in [4.69, 9.17) is 9.47 Å². The average Bonchev–Trinajstić information content (AvgIpc) is 3.75. The first-order chi connectivity index (χ1) is 17.9. The summed E-state index contributed by atoms with van der Waals surface area (Å²) in [5, 5.41) is 0. The maximum absolute atomic E-state index is 15.0. The van der Waals surface area contributed by atoms with Crippen LogP contribution in [0.25, 0.3) is 22.3 Å². The van der Waals surface area contributed by atoms with Crippen LogP contribution in [-0.4, -0.2) is 12.6 Å². The van der Waals surface area contributed by atoms with Crippen molar-refractivity contribution in [3.63, 3.8) is 0 Å². The molecule has 7 heteroatoms. The Kier molecular flexibility index (Phi) is 6.80. The number of hydrogen-bond donors (Lipinski definition) is 0. The molecule has 1 fully saturated rings. The first-order valence-corrected chi connectivity index (χ1v) is 11.9. The van der Waals surface area contributed by atoms with Crippen LogP contribution in [0.4, 0.5) is 17.6 Å². The Bertz CT molecular complexity index is 1460. The second kappa shape index (κ2) is 10.2. The number of rotatable bonds is 7. The van der Waals surface area contributed by atoms with E-state index in [1.54, 1.807) is 12.1 Å². The average molecular weight is 506 g/mol. The standard InChI is InChI=1S/C30H22F4O3/c1-2-3-17-4-6-18(7-5-17)21-12-13-22(27(32)26(21)31)19-8-10-20(11-9-19)30(35)37-24-15-14-23(25-16-36-25)28(33)29(24)34/h4-15,25H,2-3,16H2,1H3. The zero-order chi connectivity index (χ0) is 26.1. The molecule has 3 nitrogen and oxygen atoms in total. The van der Waals surface area contributed by atoms with Crippen molar-refractivity contribution in [2.75, 3.05) is 6.61 Å². The van der Waals surface area contributed by atoms with E-state index in [1.165, 1.54) is 48.5 Å². The fourth-order valence-corrected chi connectivity index (χ4v) is 4.18. The number of benzene rings is 4. The lowest BCUT2D eigenvalue weighted by molar-refractivity contribution is 0.0726. The van der Waals surface area contributed by atoms with Gasteiger partial charge in [0, 0.05) is 16.7 Å². The molecule has 4 aromatic carbocycles. The summed E-state index contributed by atoms with van der Waals surface area (Å²) in [5.74, 6) is -5.86. The molecule has 188 valence electrons. The minimum absolute atomic E-state index is 0.0229. The lowest BCUT2D eigenvalue weighted by Gasteiger charge is -2.11. The molecule has 0 saturated carbocycles. The first kappa shape index (κ1) is 24.7. The van der Waals surface area contributed by atoms with Gasteiger partial charge in [0.15, 0.2) is 23.2 Å². The van der Waals surface area contributed by atoms with Crippen molar-refractivity contribution >= 4 is 5.97 Å². The predicted molar refractivity (Wildman–Crippen MR) is 131 cm³/mol. The highest BCUT2D eigenvalue weighted by molar-refractivity contribution is 5.91. The van der Waals surface area contributed by atoms with Crippen LogP contribution >= 0.6 is 0 Å². The summed E-state index contributed by atoms with van der Waals surface area (Å²) in [7, 11) is 0. The van der Waals surface area contributed by atoms with Crippen molar-refractivity contribution in [1.82, 2.24) is 0 Å². The molecule has 0 N–H and O–H groups in total. The Morgan fingerprint density at radius 1 is 0.784 bits per heavy atom. The Balaban J connectivity index is 1.34. The summed E-state index contributed by atoms with van der Waals surface area (Å²) < 4.78 is 68.4. The number of ether oxygens (including phenoxy) is 2. The summed E-state index contributed by atoms with van der Waals surface area (Å²) in [6, 6.07) is 18.3. The molecular weight excluding hydrogens is 484 g/mol. The Morgan fingerprint density at radius 3 is 1.89 bits per heavy atom. The topological polar surface area (TPSA) is 38.8 Å². The third-order valence-corrected chi connectivity index (χ3v) is 6.28. The third-order valence-electron chi connectivity index (χ3n) is 6.28.